The molecule has 0 aliphatic carbocycles. The van der Waals surface area contributed by atoms with Crippen molar-refractivity contribution in [3.05, 3.63) is 66.9 Å². The van der Waals surface area contributed by atoms with Crippen LogP contribution in [0.1, 0.15) is 19.4 Å². The maximum Gasteiger partial charge on any atom is 0.262 e. The number of rotatable bonds is 8. The van der Waals surface area contributed by atoms with Crippen LogP contribution in [-0.2, 0) is 0 Å². The summed E-state index contributed by atoms with van der Waals surface area (Å²) in [5.41, 5.74) is 2.32. The van der Waals surface area contributed by atoms with Crippen LogP contribution in [0.5, 0.6) is 11.5 Å². The van der Waals surface area contributed by atoms with Crippen molar-refractivity contribution in [2.24, 2.45) is 0 Å². The molecule has 1 atom stereocenters. The Hall–Kier alpha value is -3.41. The molecule has 1 aromatic carbocycles. The van der Waals surface area contributed by atoms with Crippen molar-refractivity contribution in [1.29, 1.82) is 0 Å². The standard InChI is InChI=1S/C22H23N3O3/c1-5-7-10-16(4)27-19-12-11-17(26-6-2)14-18(19)22-24-21(25-28-22)20-15(3)9-8-13-23-20/h5,7-14,16H,1,6H2,2-4H3. The maximum absolute atomic E-state index is 6.04. The van der Waals surface area contributed by atoms with E-state index in [9.17, 15) is 0 Å². The lowest BCUT2D eigenvalue weighted by atomic mass is 10.1. The van der Waals surface area contributed by atoms with E-state index in [4.69, 9.17) is 14.0 Å². The van der Waals surface area contributed by atoms with Gasteiger partial charge >= 0.3 is 0 Å². The fraction of sp³-hybridized carbons (Fsp3) is 0.227. The van der Waals surface area contributed by atoms with Crippen molar-refractivity contribution >= 4 is 0 Å². The first-order valence-electron chi connectivity index (χ1n) is 9.11. The van der Waals surface area contributed by atoms with Gasteiger partial charge in [-0.15, -0.1) is 0 Å². The molecule has 28 heavy (non-hydrogen) atoms. The van der Waals surface area contributed by atoms with Gasteiger partial charge in [-0.2, -0.15) is 4.98 Å². The number of hydrogen-bond donors (Lipinski definition) is 0. The zero-order valence-electron chi connectivity index (χ0n) is 16.3. The highest BCUT2D eigenvalue weighted by Gasteiger charge is 2.18. The molecule has 6 nitrogen and oxygen atoms in total. The quantitative estimate of drug-likeness (QED) is 0.514. The van der Waals surface area contributed by atoms with Gasteiger partial charge in [0.2, 0.25) is 5.82 Å². The summed E-state index contributed by atoms with van der Waals surface area (Å²) in [7, 11) is 0. The van der Waals surface area contributed by atoms with Gasteiger partial charge in [-0.3, -0.25) is 4.98 Å². The number of allylic oxidation sites excluding steroid dienone is 2. The average Bonchev–Trinajstić information content (AvgIpc) is 3.18. The number of ether oxygens (including phenoxy) is 2. The first-order chi connectivity index (χ1) is 13.6. The van der Waals surface area contributed by atoms with E-state index in [1.54, 1.807) is 12.3 Å². The summed E-state index contributed by atoms with van der Waals surface area (Å²) < 4.78 is 17.2. The van der Waals surface area contributed by atoms with Crippen LogP contribution in [0.4, 0.5) is 0 Å². The monoisotopic (exact) mass is 377 g/mol. The Kier molecular flexibility index (Phi) is 6.22. The summed E-state index contributed by atoms with van der Waals surface area (Å²) in [6.45, 7) is 10.1. The van der Waals surface area contributed by atoms with E-state index >= 15 is 0 Å². The van der Waals surface area contributed by atoms with Gasteiger partial charge in [-0.05, 0) is 56.7 Å². The van der Waals surface area contributed by atoms with E-state index in [2.05, 4.69) is 21.7 Å². The molecule has 0 aliphatic heterocycles. The summed E-state index contributed by atoms with van der Waals surface area (Å²) in [4.78, 5) is 8.88. The summed E-state index contributed by atoms with van der Waals surface area (Å²) >= 11 is 0. The van der Waals surface area contributed by atoms with Crippen molar-refractivity contribution in [2.75, 3.05) is 6.61 Å². The Morgan fingerprint density at radius 1 is 1.29 bits per heavy atom. The van der Waals surface area contributed by atoms with Gasteiger partial charge in [0.15, 0.2) is 0 Å². The molecule has 0 amide bonds. The van der Waals surface area contributed by atoms with Gasteiger partial charge < -0.3 is 14.0 Å². The number of aryl methyl sites for hydroxylation is 1. The third kappa shape index (κ3) is 4.46. The molecule has 144 valence electrons. The highest BCUT2D eigenvalue weighted by Crippen LogP contribution is 2.34. The van der Waals surface area contributed by atoms with Crippen molar-refractivity contribution in [3.63, 3.8) is 0 Å². The molecule has 2 heterocycles. The molecular formula is C22H23N3O3. The van der Waals surface area contributed by atoms with Gasteiger partial charge in [0.1, 0.15) is 23.3 Å². The van der Waals surface area contributed by atoms with Crippen molar-refractivity contribution < 1.29 is 14.0 Å². The summed E-state index contributed by atoms with van der Waals surface area (Å²) in [5, 5.41) is 4.10. The molecule has 0 saturated heterocycles. The lowest BCUT2D eigenvalue weighted by Crippen LogP contribution is -2.08. The van der Waals surface area contributed by atoms with Crippen LogP contribution in [0, 0.1) is 6.92 Å². The third-order valence-electron chi connectivity index (χ3n) is 3.97. The Balaban J connectivity index is 1.99. The maximum atomic E-state index is 6.04. The van der Waals surface area contributed by atoms with Gasteiger partial charge in [0, 0.05) is 6.20 Å². The number of benzene rings is 1. The van der Waals surface area contributed by atoms with Crippen molar-refractivity contribution in [1.82, 2.24) is 15.1 Å². The topological polar surface area (TPSA) is 70.3 Å². The SMILES string of the molecule is C=CC=CC(C)Oc1ccc(OCC)cc1-c1nc(-c2ncccc2C)no1. The second-order valence-corrected chi connectivity index (χ2v) is 6.13. The largest absolute Gasteiger partial charge is 0.494 e. The molecule has 2 aromatic heterocycles. The zero-order valence-corrected chi connectivity index (χ0v) is 16.3. The number of pyridine rings is 1. The fourth-order valence-corrected chi connectivity index (χ4v) is 2.66. The molecule has 0 spiro atoms. The van der Waals surface area contributed by atoms with Gasteiger partial charge in [-0.25, -0.2) is 0 Å². The first-order valence-corrected chi connectivity index (χ1v) is 9.11. The molecule has 0 N–H and O–H groups in total. The van der Waals surface area contributed by atoms with Crippen molar-refractivity contribution in [2.45, 2.75) is 26.9 Å². The number of aromatic nitrogens is 3. The Bertz CT molecular complexity index is 979. The smallest absolute Gasteiger partial charge is 0.262 e. The van der Waals surface area contributed by atoms with E-state index in [0.717, 1.165) is 5.56 Å². The predicted octanol–water partition coefficient (Wildman–Crippen LogP) is 5.02. The lowest BCUT2D eigenvalue weighted by Gasteiger charge is -2.14. The van der Waals surface area contributed by atoms with E-state index in [-0.39, 0.29) is 6.10 Å². The van der Waals surface area contributed by atoms with Gasteiger partial charge in [-0.1, -0.05) is 30.0 Å². The van der Waals surface area contributed by atoms with Gasteiger partial charge in [0.25, 0.3) is 5.89 Å². The lowest BCUT2D eigenvalue weighted by molar-refractivity contribution is 0.269. The number of nitrogens with zero attached hydrogens (tertiary/aromatic N) is 3. The zero-order chi connectivity index (χ0) is 19.9. The van der Waals surface area contributed by atoms with Crippen LogP contribution in [0.25, 0.3) is 23.0 Å². The van der Waals surface area contributed by atoms with Crippen molar-refractivity contribution in [3.8, 4) is 34.5 Å². The summed E-state index contributed by atoms with van der Waals surface area (Å²) in [6.07, 6.45) is 7.00. The molecule has 0 bridgehead atoms. The predicted molar refractivity (Wildman–Crippen MR) is 108 cm³/mol. The highest BCUT2D eigenvalue weighted by atomic mass is 16.5. The van der Waals surface area contributed by atoms with E-state index in [0.29, 0.717) is 41.1 Å². The molecule has 0 aliphatic rings. The highest BCUT2D eigenvalue weighted by molar-refractivity contribution is 5.67. The molecular weight excluding hydrogens is 354 g/mol. The van der Waals surface area contributed by atoms with Crippen LogP contribution >= 0.6 is 0 Å². The minimum Gasteiger partial charge on any atom is -0.494 e. The molecule has 0 fully saturated rings. The third-order valence-corrected chi connectivity index (χ3v) is 3.97. The Labute approximate surface area is 164 Å². The average molecular weight is 377 g/mol. The molecule has 6 heteroatoms. The normalized spacial score (nSPS) is 12.1. The van der Waals surface area contributed by atoms with Crippen LogP contribution in [0.2, 0.25) is 0 Å². The molecule has 0 radical (unpaired) electrons. The summed E-state index contributed by atoms with van der Waals surface area (Å²) in [6, 6.07) is 9.36. The Morgan fingerprint density at radius 3 is 2.89 bits per heavy atom. The molecule has 3 rings (SSSR count). The van der Waals surface area contributed by atoms with Crippen LogP contribution in [0.3, 0.4) is 0 Å². The minimum absolute atomic E-state index is 0.157. The fourth-order valence-electron chi connectivity index (χ4n) is 2.66. The second-order valence-electron chi connectivity index (χ2n) is 6.13. The van der Waals surface area contributed by atoms with Crippen LogP contribution in [0.15, 0.2) is 65.9 Å². The van der Waals surface area contributed by atoms with Gasteiger partial charge in [0.05, 0.1) is 12.2 Å². The Morgan fingerprint density at radius 2 is 2.14 bits per heavy atom. The van der Waals surface area contributed by atoms with E-state index < -0.39 is 0 Å². The van der Waals surface area contributed by atoms with E-state index in [1.165, 1.54) is 0 Å². The number of hydrogen-bond acceptors (Lipinski definition) is 6. The molecule has 3 aromatic rings. The molecule has 0 saturated carbocycles. The van der Waals surface area contributed by atoms with Crippen LogP contribution in [-0.4, -0.2) is 27.8 Å². The second kappa shape index (κ2) is 8.99. The summed E-state index contributed by atoms with van der Waals surface area (Å²) in [5.74, 6) is 2.10. The van der Waals surface area contributed by atoms with E-state index in [1.807, 2.05) is 63.3 Å². The first kappa shape index (κ1) is 19.4. The molecule has 1 unspecified atom stereocenters. The minimum atomic E-state index is -0.157. The van der Waals surface area contributed by atoms with Crippen LogP contribution < -0.4 is 9.47 Å².